The third-order valence-corrected chi connectivity index (χ3v) is 4.33. The quantitative estimate of drug-likeness (QED) is 0.794. The van der Waals surface area contributed by atoms with Crippen molar-refractivity contribution in [1.82, 2.24) is 10.2 Å². The SMILES string of the molecule is CCN(CC)C1CCCC(C#N)(NC2CC2)C1. The van der Waals surface area contributed by atoms with Crippen LogP contribution in [0.4, 0.5) is 0 Å². The molecule has 0 bridgehead atoms. The fourth-order valence-corrected chi connectivity index (χ4v) is 3.18. The number of hydrogen-bond acceptors (Lipinski definition) is 3. The fraction of sp³-hybridized carbons (Fsp3) is 0.929. The zero-order valence-corrected chi connectivity index (χ0v) is 11.2. The van der Waals surface area contributed by atoms with Crippen molar-refractivity contribution in [3.63, 3.8) is 0 Å². The van der Waals surface area contributed by atoms with Crippen LogP contribution in [0, 0.1) is 11.3 Å². The van der Waals surface area contributed by atoms with E-state index in [1.807, 2.05) is 0 Å². The van der Waals surface area contributed by atoms with Crippen molar-refractivity contribution in [3.05, 3.63) is 0 Å². The Morgan fingerprint density at radius 3 is 2.53 bits per heavy atom. The standard InChI is InChI=1S/C14H25N3/c1-3-17(4-2)13-6-5-9-14(10-13,11-15)16-12-7-8-12/h12-13,16H,3-10H2,1-2H3. The first kappa shape index (κ1) is 12.9. The van der Waals surface area contributed by atoms with E-state index in [-0.39, 0.29) is 5.54 Å². The lowest BCUT2D eigenvalue weighted by Crippen LogP contribution is -2.53. The minimum atomic E-state index is -0.229. The zero-order valence-electron chi connectivity index (χ0n) is 11.2. The summed E-state index contributed by atoms with van der Waals surface area (Å²) in [5.41, 5.74) is -0.229. The van der Waals surface area contributed by atoms with Crippen LogP contribution in [0.25, 0.3) is 0 Å². The van der Waals surface area contributed by atoms with Crippen LogP contribution in [0.5, 0.6) is 0 Å². The molecular formula is C14H25N3. The van der Waals surface area contributed by atoms with Gasteiger partial charge in [-0.15, -0.1) is 0 Å². The molecule has 0 radical (unpaired) electrons. The number of nitrogens with one attached hydrogen (secondary N) is 1. The van der Waals surface area contributed by atoms with E-state index in [0.29, 0.717) is 12.1 Å². The number of nitriles is 1. The molecule has 0 spiro atoms. The van der Waals surface area contributed by atoms with Crippen LogP contribution in [0.2, 0.25) is 0 Å². The highest BCUT2D eigenvalue weighted by Crippen LogP contribution is 2.34. The molecule has 0 saturated heterocycles. The lowest BCUT2D eigenvalue weighted by Gasteiger charge is -2.41. The average molecular weight is 235 g/mol. The van der Waals surface area contributed by atoms with Crippen LogP contribution in [0.1, 0.15) is 52.4 Å². The van der Waals surface area contributed by atoms with E-state index in [4.69, 9.17) is 0 Å². The summed E-state index contributed by atoms with van der Waals surface area (Å²) >= 11 is 0. The third kappa shape index (κ3) is 3.00. The van der Waals surface area contributed by atoms with E-state index >= 15 is 0 Å². The molecular weight excluding hydrogens is 210 g/mol. The first-order chi connectivity index (χ1) is 8.23. The second kappa shape index (κ2) is 5.37. The molecule has 0 aromatic carbocycles. The van der Waals surface area contributed by atoms with Gasteiger partial charge in [0.1, 0.15) is 5.54 Å². The summed E-state index contributed by atoms with van der Waals surface area (Å²) in [7, 11) is 0. The smallest absolute Gasteiger partial charge is 0.108 e. The molecule has 3 heteroatoms. The van der Waals surface area contributed by atoms with E-state index in [2.05, 4.69) is 30.1 Å². The molecule has 2 rings (SSSR count). The maximum absolute atomic E-state index is 9.53. The largest absolute Gasteiger partial charge is 0.301 e. The number of hydrogen-bond donors (Lipinski definition) is 1. The van der Waals surface area contributed by atoms with E-state index in [9.17, 15) is 5.26 Å². The first-order valence-corrected chi connectivity index (χ1v) is 7.16. The van der Waals surface area contributed by atoms with Crippen molar-refractivity contribution in [1.29, 1.82) is 5.26 Å². The Bertz CT molecular complexity index is 288. The van der Waals surface area contributed by atoms with Gasteiger partial charge in [0.25, 0.3) is 0 Å². The number of rotatable bonds is 5. The van der Waals surface area contributed by atoms with Crippen molar-refractivity contribution < 1.29 is 0 Å². The van der Waals surface area contributed by atoms with Crippen LogP contribution in [0.15, 0.2) is 0 Å². The molecule has 0 aromatic heterocycles. The van der Waals surface area contributed by atoms with Crippen molar-refractivity contribution in [2.24, 2.45) is 0 Å². The molecule has 0 aromatic rings. The molecule has 2 atom stereocenters. The van der Waals surface area contributed by atoms with Gasteiger partial charge in [0.05, 0.1) is 6.07 Å². The predicted octanol–water partition coefficient (Wildman–Crippen LogP) is 2.29. The molecule has 2 aliphatic carbocycles. The molecule has 2 saturated carbocycles. The molecule has 0 amide bonds. The molecule has 96 valence electrons. The highest BCUT2D eigenvalue weighted by atomic mass is 15.2. The summed E-state index contributed by atoms with van der Waals surface area (Å²) in [5.74, 6) is 0. The van der Waals surface area contributed by atoms with Gasteiger partial charge in [-0.3, -0.25) is 5.32 Å². The molecule has 2 unspecified atom stereocenters. The van der Waals surface area contributed by atoms with Gasteiger partial charge in [-0.05, 0) is 51.6 Å². The molecule has 2 fully saturated rings. The Hall–Kier alpha value is -0.590. The van der Waals surface area contributed by atoms with Crippen LogP contribution >= 0.6 is 0 Å². The van der Waals surface area contributed by atoms with E-state index < -0.39 is 0 Å². The minimum absolute atomic E-state index is 0.229. The van der Waals surface area contributed by atoms with Crippen molar-refractivity contribution >= 4 is 0 Å². The molecule has 0 heterocycles. The Morgan fingerprint density at radius 2 is 2.00 bits per heavy atom. The second-order valence-electron chi connectivity index (χ2n) is 5.58. The summed E-state index contributed by atoms with van der Waals surface area (Å²) in [4.78, 5) is 2.51. The van der Waals surface area contributed by atoms with Crippen LogP contribution < -0.4 is 5.32 Å². The van der Waals surface area contributed by atoms with Gasteiger partial charge in [0.15, 0.2) is 0 Å². The van der Waals surface area contributed by atoms with Gasteiger partial charge in [0, 0.05) is 12.1 Å². The van der Waals surface area contributed by atoms with Crippen molar-refractivity contribution in [2.45, 2.75) is 70.0 Å². The summed E-state index contributed by atoms with van der Waals surface area (Å²) in [6.07, 6.45) is 7.03. The number of nitrogens with zero attached hydrogens (tertiary/aromatic N) is 2. The lowest BCUT2D eigenvalue weighted by molar-refractivity contribution is 0.129. The predicted molar refractivity (Wildman–Crippen MR) is 69.7 cm³/mol. The monoisotopic (exact) mass is 235 g/mol. The topological polar surface area (TPSA) is 39.1 Å². The summed E-state index contributed by atoms with van der Waals surface area (Å²) in [6.45, 7) is 6.65. The Kier molecular flexibility index (Phi) is 4.06. The van der Waals surface area contributed by atoms with Crippen molar-refractivity contribution in [3.8, 4) is 6.07 Å². The summed E-state index contributed by atoms with van der Waals surface area (Å²) in [5, 5.41) is 13.1. The average Bonchev–Trinajstić information content (AvgIpc) is 3.15. The van der Waals surface area contributed by atoms with E-state index in [1.54, 1.807) is 0 Å². The molecule has 0 aliphatic heterocycles. The van der Waals surface area contributed by atoms with Gasteiger partial charge in [-0.2, -0.15) is 5.26 Å². The van der Waals surface area contributed by atoms with Crippen molar-refractivity contribution in [2.75, 3.05) is 13.1 Å². The first-order valence-electron chi connectivity index (χ1n) is 7.16. The molecule has 2 aliphatic rings. The molecule has 17 heavy (non-hydrogen) atoms. The Morgan fingerprint density at radius 1 is 1.29 bits per heavy atom. The zero-order chi connectivity index (χ0) is 12.3. The summed E-state index contributed by atoms with van der Waals surface area (Å²) in [6, 6.07) is 3.82. The van der Waals surface area contributed by atoms with Gasteiger partial charge in [0.2, 0.25) is 0 Å². The highest BCUT2D eigenvalue weighted by molar-refractivity contribution is 5.13. The van der Waals surface area contributed by atoms with Crippen LogP contribution in [-0.2, 0) is 0 Å². The Balaban J connectivity index is 2.00. The van der Waals surface area contributed by atoms with Gasteiger partial charge >= 0.3 is 0 Å². The van der Waals surface area contributed by atoms with Gasteiger partial charge in [-0.25, -0.2) is 0 Å². The van der Waals surface area contributed by atoms with Gasteiger partial charge in [-0.1, -0.05) is 13.8 Å². The highest BCUT2D eigenvalue weighted by Gasteiger charge is 2.41. The van der Waals surface area contributed by atoms with Crippen LogP contribution in [0.3, 0.4) is 0 Å². The van der Waals surface area contributed by atoms with E-state index in [1.165, 1.54) is 25.7 Å². The third-order valence-electron chi connectivity index (χ3n) is 4.33. The Labute approximate surface area is 105 Å². The minimum Gasteiger partial charge on any atom is -0.301 e. The molecule has 1 N–H and O–H groups in total. The maximum atomic E-state index is 9.53. The van der Waals surface area contributed by atoms with E-state index in [0.717, 1.165) is 25.9 Å². The lowest BCUT2D eigenvalue weighted by atomic mass is 9.79. The maximum Gasteiger partial charge on any atom is 0.108 e. The fourth-order valence-electron chi connectivity index (χ4n) is 3.18. The van der Waals surface area contributed by atoms with Gasteiger partial charge < -0.3 is 4.90 Å². The normalized spacial score (nSPS) is 33.6. The second-order valence-corrected chi connectivity index (χ2v) is 5.58. The summed E-state index contributed by atoms with van der Waals surface area (Å²) < 4.78 is 0. The van der Waals surface area contributed by atoms with Crippen LogP contribution in [-0.4, -0.2) is 35.6 Å². The molecule has 3 nitrogen and oxygen atoms in total.